The smallest absolute Gasteiger partial charge is 0.315 e. The van der Waals surface area contributed by atoms with Crippen LogP contribution in [0.3, 0.4) is 0 Å². The molecule has 1 unspecified atom stereocenters. The van der Waals surface area contributed by atoms with E-state index in [9.17, 15) is 4.79 Å². The molecule has 1 fully saturated rings. The Bertz CT molecular complexity index is 195. The van der Waals surface area contributed by atoms with Gasteiger partial charge in [-0.25, -0.2) is 4.79 Å². The molecule has 0 bridgehead atoms. The molecule has 0 aliphatic carbocycles. The molecule has 1 aliphatic heterocycles. The Morgan fingerprint density at radius 1 is 1.50 bits per heavy atom. The summed E-state index contributed by atoms with van der Waals surface area (Å²) in [5.74, 6) is 1.24. The number of hydrogen-bond donors (Lipinski definition) is 2. The van der Waals surface area contributed by atoms with Crippen LogP contribution in [-0.4, -0.2) is 29.1 Å². The molecule has 1 rings (SSSR count). The lowest BCUT2D eigenvalue weighted by molar-refractivity contribution is 0.232. The van der Waals surface area contributed by atoms with Crippen LogP contribution in [0.1, 0.15) is 33.6 Å². The highest BCUT2D eigenvalue weighted by molar-refractivity contribution is 8.00. The summed E-state index contributed by atoms with van der Waals surface area (Å²) in [5.41, 5.74) is -0.146. The van der Waals surface area contributed by atoms with Gasteiger partial charge in [-0.2, -0.15) is 11.8 Å². The third kappa shape index (κ3) is 4.74. The summed E-state index contributed by atoms with van der Waals surface area (Å²) in [7, 11) is 0. The molecule has 14 heavy (non-hydrogen) atoms. The van der Waals surface area contributed by atoms with E-state index in [4.69, 9.17) is 0 Å². The quantitative estimate of drug-likeness (QED) is 0.741. The number of carbonyl (C=O) groups excluding carboxylic acids is 1. The van der Waals surface area contributed by atoms with Crippen LogP contribution in [0.2, 0.25) is 0 Å². The van der Waals surface area contributed by atoms with E-state index < -0.39 is 0 Å². The molecule has 3 nitrogen and oxygen atoms in total. The lowest BCUT2D eigenvalue weighted by Gasteiger charge is -2.21. The van der Waals surface area contributed by atoms with E-state index in [0.717, 1.165) is 6.54 Å². The minimum atomic E-state index is -0.146. The van der Waals surface area contributed by atoms with Crippen molar-refractivity contribution in [2.24, 2.45) is 0 Å². The van der Waals surface area contributed by atoms with Crippen LogP contribution in [-0.2, 0) is 0 Å². The van der Waals surface area contributed by atoms with Gasteiger partial charge in [0.15, 0.2) is 0 Å². The van der Waals surface area contributed by atoms with Crippen LogP contribution in [0.15, 0.2) is 0 Å². The summed E-state index contributed by atoms with van der Waals surface area (Å²) < 4.78 is 0. The van der Waals surface area contributed by atoms with Gasteiger partial charge in [0.05, 0.1) is 0 Å². The number of urea groups is 1. The zero-order valence-electron chi connectivity index (χ0n) is 9.22. The number of hydrogen-bond acceptors (Lipinski definition) is 2. The topological polar surface area (TPSA) is 41.1 Å². The fraction of sp³-hybridized carbons (Fsp3) is 0.900. The SMILES string of the molecule is CC(C)(C)NC(=O)NCC1CCCS1. The summed E-state index contributed by atoms with van der Waals surface area (Å²) in [6, 6.07) is -0.0509. The molecule has 0 aromatic rings. The maximum Gasteiger partial charge on any atom is 0.315 e. The molecule has 0 aromatic heterocycles. The Hall–Kier alpha value is -0.380. The minimum absolute atomic E-state index is 0.0509. The Morgan fingerprint density at radius 2 is 2.21 bits per heavy atom. The number of amides is 2. The molecule has 4 heteroatoms. The average molecular weight is 216 g/mol. The third-order valence-electron chi connectivity index (χ3n) is 2.00. The van der Waals surface area contributed by atoms with Crippen LogP contribution in [0.4, 0.5) is 4.79 Å². The van der Waals surface area contributed by atoms with Gasteiger partial charge in [-0.05, 0) is 39.4 Å². The number of nitrogens with one attached hydrogen (secondary N) is 2. The second-order valence-corrected chi connectivity index (χ2v) is 6.13. The molecule has 0 radical (unpaired) electrons. The zero-order valence-corrected chi connectivity index (χ0v) is 10.0. The molecule has 0 aromatic carbocycles. The van der Waals surface area contributed by atoms with Gasteiger partial charge in [-0.3, -0.25) is 0 Å². The number of carbonyl (C=O) groups is 1. The van der Waals surface area contributed by atoms with Crippen LogP contribution in [0, 0.1) is 0 Å². The van der Waals surface area contributed by atoms with Crippen molar-refractivity contribution in [1.82, 2.24) is 10.6 Å². The largest absolute Gasteiger partial charge is 0.337 e. The predicted octanol–water partition coefficient (Wildman–Crippen LogP) is 1.98. The summed E-state index contributed by atoms with van der Waals surface area (Å²) in [4.78, 5) is 11.4. The van der Waals surface area contributed by atoms with Gasteiger partial charge in [0.1, 0.15) is 0 Å². The monoisotopic (exact) mass is 216 g/mol. The van der Waals surface area contributed by atoms with Crippen molar-refractivity contribution < 1.29 is 4.79 Å². The van der Waals surface area contributed by atoms with Crippen molar-refractivity contribution in [1.29, 1.82) is 0 Å². The van der Waals surface area contributed by atoms with Crippen molar-refractivity contribution in [3.8, 4) is 0 Å². The summed E-state index contributed by atoms with van der Waals surface area (Å²) in [5, 5.41) is 6.42. The Labute approximate surface area is 90.4 Å². The highest BCUT2D eigenvalue weighted by Gasteiger charge is 2.18. The van der Waals surface area contributed by atoms with Gasteiger partial charge < -0.3 is 10.6 Å². The Kier molecular flexibility index (Phi) is 4.11. The van der Waals surface area contributed by atoms with Gasteiger partial charge in [-0.15, -0.1) is 0 Å². The van der Waals surface area contributed by atoms with Crippen LogP contribution < -0.4 is 10.6 Å². The van der Waals surface area contributed by atoms with Crippen molar-refractivity contribution in [2.45, 2.75) is 44.4 Å². The first-order valence-corrected chi connectivity index (χ1v) is 6.20. The molecule has 1 heterocycles. The fourth-order valence-electron chi connectivity index (χ4n) is 1.40. The number of thioether (sulfide) groups is 1. The van der Waals surface area contributed by atoms with E-state index in [1.54, 1.807) is 0 Å². The first-order valence-electron chi connectivity index (χ1n) is 5.15. The Morgan fingerprint density at radius 3 is 2.71 bits per heavy atom. The first-order chi connectivity index (χ1) is 6.47. The number of rotatable bonds is 2. The van der Waals surface area contributed by atoms with Crippen LogP contribution in [0.5, 0.6) is 0 Å². The minimum Gasteiger partial charge on any atom is -0.337 e. The highest BCUT2D eigenvalue weighted by Crippen LogP contribution is 2.25. The van der Waals surface area contributed by atoms with E-state index in [-0.39, 0.29) is 11.6 Å². The van der Waals surface area contributed by atoms with E-state index in [0.29, 0.717) is 5.25 Å². The molecule has 1 atom stereocenters. The van der Waals surface area contributed by atoms with E-state index in [1.165, 1.54) is 18.6 Å². The molecular weight excluding hydrogens is 196 g/mol. The highest BCUT2D eigenvalue weighted by atomic mass is 32.2. The summed E-state index contributed by atoms with van der Waals surface area (Å²) in [6.07, 6.45) is 2.53. The molecule has 1 aliphatic rings. The zero-order chi connectivity index (χ0) is 10.6. The molecule has 0 spiro atoms. The fourth-order valence-corrected chi connectivity index (χ4v) is 2.60. The van der Waals surface area contributed by atoms with Gasteiger partial charge in [0, 0.05) is 17.3 Å². The predicted molar refractivity (Wildman–Crippen MR) is 61.8 cm³/mol. The normalized spacial score (nSPS) is 22.1. The van der Waals surface area contributed by atoms with Crippen molar-refractivity contribution >= 4 is 17.8 Å². The molecule has 1 saturated heterocycles. The van der Waals surface area contributed by atoms with Gasteiger partial charge in [0.25, 0.3) is 0 Å². The van der Waals surface area contributed by atoms with E-state index in [2.05, 4.69) is 10.6 Å². The third-order valence-corrected chi connectivity index (χ3v) is 3.40. The van der Waals surface area contributed by atoms with Gasteiger partial charge >= 0.3 is 6.03 Å². The second kappa shape index (κ2) is 4.91. The Balaban J connectivity index is 2.14. The molecule has 2 amide bonds. The maximum atomic E-state index is 11.4. The molecular formula is C10H20N2OS. The van der Waals surface area contributed by atoms with Crippen LogP contribution in [0.25, 0.3) is 0 Å². The van der Waals surface area contributed by atoms with E-state index >= 15 is 0 Å². The van der Waals surface area contributed by atoms with Crippen LogP contribution >= 0.6 is 11.8 Å². The summed E-state index contributed by atoms with van der Waals surface area (Å²) in [6.45, 7) is 6.75. The van der Waals surface area contributed by atoms with Crippen molar-refractivity contribution in [3.05, 3.63) is 0 Å². The molecule has 2 N–H and O–H groups in total. The van der Waals surface area contributed by atoms with Crippen molar-refractivity contribution in [3.63, 3.8) is 0 Å². The van der Waals surface area contributed by atoms with E-state index in [1.807, 2.05) is 32.5 Å². The van der Waals surface area contributed by atoms with Crippen molar-refractivity contribution in [2.75, 3.05) is 12.3 Å². The lowest BCUT2D eigenvalue weighted by Crippen LogP contribution is -2.47. The van der Waals surface area contributed by atoms with Gasteiger partial charge in [0.2, 0.25) is 0 Å². The maximum absolute atomic E-state index is 11.4. The molecule has 82 valence electrons. The average Bonchev–Trinajstić information content (AvgIpc) is 2.49. The second-order valence-electron chi connectivity index (χ2n) is 4.72. The molecule has 0 saturated carbocycles. The lowest BCUT2D eigenvalue weighted by atomic mass is 10.1. The standard InChI is InChI=1S/C10H20N2OS/c1-10(2,3)12-9(13)11-7-8-5-4-6-14-8/h8H,4-7H2,1-3H3,(H2,11,12,13). The summed E-state index contributed by atoms with van der Waals surface area (Å²) >= 11 is 1.96. The first kappa shape index (κ1) is 11.7. The van der Waals surface area contributed by atoms with Gasteiger partial charge in [-0.1, -0.05) is 0 Å².